The second-order valence-electron chi connectivity index (χ2n) is 8.02. The van der Waals surface area contributed by atoms with Gasteiger partial charge in [0.05, 0.1) is 19.9 Å². The fourth-order valence-corrected chi connectivity index (χ4v) is 4.32. The van der Waals surface area contributed by atoms with Gasteiger partial charge in [0.2, 0.25) is 11.7 Å². The van der Waals surface area contributed by atoms with Crippen LogP contribution in [-0.4, -0.2) is 32.6 Å². The van der Waals surface area contributed by atoms with Gasteiger partial charge in [0.1, 0.15) is 17.1 Å². The van der Waals surface area contributed by atoms with Gasteiger partial charge in [0, 0.05) is 41.7 Å². The molecule has 1 N–H and O–H groups in total. The van der Waals surface area contributed by atoms with Gasteiger partial charge in [-0.1, -0.05) is 30.3 Å². The second-order valence-corrected chi connectivity index (χ2v) is 8.02. The quantitative estimate of drug-likeness (QED) is 0.415. The van der Waals surface area contributed by atoms with Crippen LogP contribution in [0, 0.1) is 0 Å². The van der Waals surface area contributed by atoms with Crippen molar-refractivity contribution in [2.45, 2.75) is 12.8 Å². The van der Waals surface area contributed by atoms with Crippen molar-refractivity contribution >= 4 is 34.2 Å². The minimum atomic E-state index is -0.388. The fraction of sp³-hybridized carbons (Fsp3) is 0.185. The summed E-state index contributed by atoms with van der Waals surface area (Å²) in [5, 5.41) is 3.73. The summed E-state index contributed by atoms with van der Waals surface area (Å²) in [6.45, 7) is 0.657. The zero-order valence-electron chi connectivity index (χ0n) is 19.0. The molecule has 1 aliphatic heterocycles. The van der Waals surface area contributed by atoms with Gasteiger partial charge in [-0.15, -0.1) is 0 Å². The van der Waals surface area contributed by atoms with Crippen LogP contribution in [0.3, 0.4) is 0 Å². The third kappa shape index (κ3) is 3.85. The SMILES string of the molecule is COc1ccc2c(-c3ccccc3)c(C(=O)Nc3ccc(N4CCCC4=O)c(OC)c3)oc2c1. The van der Waals surface area contributed by atoms with Crippen LogP contribution in [0.15, 0.2) is 71.1 Å². The number of carbonyl (C=O) groups excluding carboxylic acids is 2. The third-order valence-corrected chi connectivity index (χ3v) is 5.97. The summed E-state index contributed by atoms with van der Waals surface area (Å²) >= 11 is 0. The van der Waals surface area contributed by atoms with Crippen LogP contribution in [0.5, 0.6) is 11.5 Å². The summed E-state index contributed by atoms with van der Waals surface area (Å²) in [5.41, 5.74) is 3.38. The van der Waals surface area contributed by atoms with Crippen molar-refractivity contribution in [1.82, 2.24) is 0 Å². The Morgan fingerprint density at radius 2 is 1.82 bits per heavy atom. The first kappa shape index (κ1) is 21.6. The molecule has 3 aromatic carbocycles. The Kier molecular flexibility index (Phi) is 5.67. The van der Waals surface area contributed by atoms with E-state index < -0.39 is 0 Å². The molecule has 5 rings (SSSR count). The van der Waals surface area contributed by atoms with E-state index in [4.69, 9.17) is 13.9 Å². The average Bonchev–Trinajstić information content (AvgIpc) is 3.47. The van der Waals surface area contributed by atoms with E-state index in [9.17, 15) is 9.59 Å². The Morgan fingerprint density at radius 3 is 2.53 bits per heavy atom. The molecule has 2 amide bonds. The number of nitrogens with zero attached hydrogens (tertiary/aromatic N) is 1. The van der Waals surface area contributed by atoms with E-state index in [1.807, 2.05) is 42.5 Å². The van der Waals surface area contributed by atoms with Gasteiger partial charge >= 0.3 is 0 Å². The highest BCUT2D eigenvalue weighted by atomic mass is 16.5. The molecule has 0 saturated carbocycles. The summed E-state index contributed by atoms with van der Waals surface area (Å²) in [6.07, 6.45) is 1.35. The zero-order valence-corrected chi connectivity index (χ0v) is 19.0. The number of fused-ring (bicyclic) bond motifs is 1. The molecule has 7 nitrogen and oxygen atoms in total. The minimum absolute atomic E-state index is 0.0697. The summed E-state index contributed by atoms with van der Waals surface area (Å²) in [7, 11) is 3.13. The van der Waals surface area contributed by atoms with Crippen molar-refractivity contribution in [3.05, 3.63) is 72.5 Å². The van der Waals surface area contributed by atoms with Gasteiger partial charge in [-0.2, -0.15) is 0 Å². The average molecular weight is 456 g/mol. The number of amides is 2. The molecule has 0 spiro atoms. The van der Waals surface area contributed by atoms with E-state index >= 15 is 0 Å². The molecule has 0 aliphatic carbocycles. The number of hydrogen-bond donors (Lipinski definition) is 1. The number of carbonyl (C=O) groups is 2. The van der Waals surface area contributed by atoms with E-state index in [1.165, 1.54) is 0 Å². The van der Waals surface area contributed by atoms with E-state index in [-0.39, 0.29) is 17.6 Å². The molecular weight excluding hydrogens is 432 g/mol. The number of rotatable bonds is 6. The summed E-state index contributed by atoms with van der Waals surface area (Å²) in [4.78, 5) is 27.3. The van der Waals surface area contributed by atoms with Gasteiger partial charge in [-0.25, -0.2) is 0 Å². The molecule has 1 aromatic heterocycles. The molecule has 1 fully saturated rings. The van der Waals surface area contributed by atoms with Crippen molar-refractivity contribution in [1.29, 1.82) is 0 Å². The topological polar surface area (TPSA) is 81.0 Å². The largest absolute Gasteiger partial charge is 0.497 e. The first-order chi connectivity index (χ1) is 16.6. The van der Waals surface area contributed by atoms with Crippen molar-refractivity contribution in [3.8, 4) is 22.6 Å². The molecule has 0 unspecified atom stereocenters. The molecule has 172 valence electrons. The molecule has 7 heteroatoms. The fourth-order valence-electron chi connectivity index (χ4n) is 4.32. The zero-order chi connectivity index (χ0) is 23.7. The highest BCUT2D eigenvalue weighted by Crippen LogP contribution is 2.38. The molecule has 0 radical (unpaired) electrons. The maximum Gasteiger partial charge on any atom is 0.292 e. The minimum Gasteiger partial charge on any atom is -0.497 e. The lowest BCUT2D eigenvalue weighted by atomic mass is 10.0. The summed E-state index contributed by atoms with van der Waals surface area (Å²) in [6, 6.07) is 20.4. The van der Waals surface area contributed by atoms with Crippen LogP contribution in [0.2, 0.25) is 0 Å². The van der Waals surface area contributed by atoms with Crippen LogP contribution >= 0.6 is 0 Å². The molecule has 34 heavy (non-hydrogen) atoms. The monoisotopic (exact) mass is 456 g/mol. The Balaban J connectivity index is 1.52. The smallest absolute Gasteiger partial charge is 0.292 e. The van der Waals surface area contributed by atoms with Gasteiger partial charge in [-0.05, 0) is 36.2 Å². The van der Waals surface area contributed by atoms with Crippen molar-refractivity contribution in [2.75, 3.05) is 31.0 Å². The molecule has 1 saturated heterocycles. The number of nitrogens with one attached hydrogen (secondary N) is 1. The van der Waals surface area contributed by atoms with Crippen molar-refractivity contribution in [3.63, 3.8) is 0 Å². The van der Waals surface area contributed by atoms with E-state index in [0.29, 0.717) is 47.0 Å². The molecule has 0 bridgehead atoms. The van der Waals surface area contributed by atoms with E-state index in [2.05, 4.69) is 5.32 Å². The summed E-state index contributed by atoms with van der Waals surface area (Å²) < 4.78 is 16.9. The second kappa shape index (κ2) is 8.94. The van der Waals surface area contributed by atoms with Crippen molar-refractivity contribution in [2.24, 2.45) is 0 Å². The number of anilines is 2. The first-order valence-corrected chi connectivity index (χ1v) is 11.0. The number of hydrogen-bond acceptors (Lipinski definition) is 5. The first-order valence-electron chi connectivity index (χ1n) is 11.0. The van der Waals surface area contributed by atoms with Crippen LogP contribution in [0.1, 0.15) is 23.4 Å². The van der Waals surface area contributed by atoms with Crippen LogP contribution in [0.25, 0.3) is 22.1 Å². The summed E-state index contributed by atoms with van der Waals surface area (Å²) in [5.74, 6) is 1.05. The normalized spacial score (nSPS) is 13.4. The Morgan fingerprint density at radius 1 is 1.00 bits per heavy atom. The van der Waals surface area contributed by atoms with Crippen LogP contribution < -0.4 is 19.7 Å². The molecular formula is C27H24N2O5. The molecule has 1 aliphatic rings. The highest BCUT2D eigenvalue weighted by Gasteiger charge is 2.26. The van der Waals surface area contributed by atoms with E-state index in [1.54, 1.807) is 43.4 Å². The van der Waals surface area contributed by atoms with Crippen LogP contribution in [0.4, 0.5) is 11.4 Å². The Labute approximate surface area is 196 Å². The van der Waals surface area contributed by atoms with Crippen LogP contribution in [-0.2, 0) is 4.79 Å². The number of ether oxygens (including phenoxy) is 2. The lowest BCUT2D eigenvalue weighted by molar-refractivity contribution is -0.117. The highest BCUT2D eigenvalue weighted by molar-refractivity contribution is 6.13. The van der Waals surface area contributed by atoms with Gasteiger partial charge < -0.3 is 24.1 Å². The molecule has 2 heterocycles. The Bertz CT molecular complexity index is 1380. The lowest BCUT2D eigenvalue weighted by Crippen LogP contribution is -2.24. The Hall–Kier alpha value is -4.26. The predicted molar refractivity (Wildman–Crippen MR) is 131 cm³/mol. The maximum absolute atomic E-state index is 13.4. The standard InChI is InChI=1S/C27H24N2O5/c1-32-19-11-12-20-22(16-19)34-26(25(20)17-7-4-3-5-8-17)27(31)28-18-10-13-21(23(15-18)33-2)29-14-6-9-24(29)30/h3-5,7-8,10-13,15-16H,6,9,14H2,1-2H3,(H,28,31). The van der Waals surface area contributed by atoms with Gasteiger partial charge in [0.25, 0.3) is 5.91 Å². The predicted octanol–water partition coefficient (Wildman–Crippen LogP) is 5.50. The molecule has 0 atom stereocenters. The maximum atomic E-state index is 13.4. The molecule has 4 aromatic rings. The van der Waals surface area contributed by atoms with E-state index in [0.717, 1.165) is 17.4 Å². The number of benzene rings is 3. The van der Waals surface area contributed by atoms with Gasteiger partial charge in [0.15, 0.2) is 0 Å². The van der Waals surface area contributed by atoms with Crippen molar-refractivity contribution < 1.29 is 23.5 Å². The number of furan rings is 1. The third-order valence-electron chi connectivity index (χ3n) is 5.97. The lowest BCUT2D eigenvalue weighted by Gasteiger charge is -2.19. The number of methoxy groups -OCH3 is 2. The van der Waals surface area contributed by atoms with Gasteiger partial charge in [-0.3, -0.25) is 9.59 Å².